The van der Waals surface area contributed by atoms with Crippen LogP contribution in [0.15, 0.2) is 53.1 Å². The molecule has 0 heterocycles. The average molecular weight is 317 g/mol. The first-order valence-corrected chi connectivity index (χ1v) is 8.04. The van der Waals surface area contributed by atoms with Crippen molar-refractivity contribution in [3.8, 4) is 12.1 Å². The smallest absolute Gasteiger partial charge is 0.132 e. The van der Waals surface area contributed by atoms with E-state index in [1.807, 2.05) is 32.3 Å². The van der Waals surface area contributed by atoms with E-state index in [-0.39, 0.29) is 11.0 Å². The normalized spacial score (nSPS) is 16.2. The monoisotopic (exact) mass is 317 g/mol. The minimum absolute atomic E-state index is 0.0531. The second-order valence-corrected chi connectivity index (χ2v) is 7.18. The van der Waals surface area contributed by atoms with Crippen molar-refractivity contribution < 1.29 is 0 Å². The summed E-state index contributed by atoms with van der Waals surface area (Å²) in [7, 11) is 4.05. The van der Waals surface area contributed by atoms with E-state index in [1.54, 1.807) is 0 Å². The lowest BCUT2D eigenvalue weighted by Crippen LogP contribution is -2.17. The molecule has 3 nitrogen and oxygen atoms in total. The van der Waals surface area contributed by atoms with Gasteiger partial charge in [-0.25, -0.2) is 0 Å². The van der Waals surface area contributed by atoms with Crippen LogP contribution >= 0.6 is 0 Å². The van der Waals surface area contributed by atoms with Crippen LogP contribution in [0.4, 0.5) is 5.69 Å². The van der Waals surface area contributed by atoms with Gasteiger partial charge in [0, 0.05) is 19.8 Å². The Morgan fingerprint density at radius 1 is 1.04 bits per heavy atom. The molecule has 0 radical (unpaired) electrons. The molecule has 0 saturated heterocycles. The van der Waals surface area contributed by atoms with E-state index >= 15 is 0 Å². The van der Waals surface area contributed by atoms with E-state index in [2.05, 4.69) is 55.2 Å². The van der Waals surface area contributed by atoms with Gasteiger partial charge in [-0.3, -0.25) is 0 Å². The molecule has 0 aromatic heterocycles. The lowest BCUT2D eigenvalue weighted by molar-refractivity contribution is 0.354. The van der Waals surface area contributed by atoms with Crippen molar-refractivity contribution >= 4 is 11.8 Å². The van der Waals surface area contributed by atoms with Crippen LogP contribution in [0, 0.1) is 28.1 Å². The average Bonchev–Trinajstić information content (AvgIpc) is 2.53. The van der Waals surface area contributed by atoms with E-state index < -0.39 is 0 Å². The summed E-state index contributed by atoms with van der Waals surface area (Å²) in [5.41, 5.74) is 4.58. The molecule has 0 N–H and O–H groups in total. The number of nitrogens with zero attached hydrogens (tertiary/aromatic N) is 3. The van der Waals surface area contributed by atoms with Gasteiger partial charge in [-0.15, -0.1) is 0 Å². The summed E-state index contributed by atoms with van der Waals surface area (Å²) in [6.45, 7) is 4.35. The molecule has 0 amide bonds. The standard InChI is InChI=1S/C21H23N3/c1-21(2)12-17(11-18(13-21)19(14-22)15-23)6-5-16-7-9-20(10-8-16)24(3)4/h5-11H,12-13H2,1-4H3/b6-5-. The molecule has 1 aromatic rings. The Balaban J connectivity index is 2.28. The summed E-state index contributed by atoms with van der Waals surface area (Å²) in [5.74, 6) is 0. The fourth-order valence-electron chi connectivity index (χ4n) is 2.98. The van der Waals surface area contributed by atoms with E-state index in [1.165, 1.54) is 5.69 Å². The molecule has 1 aliphatic rings. The van der Waals surface area contributed by atoms with Gasteiger partial charge in [0.25, 0.3) is 0 Å². The molecule has 2 rings (SSSR count). The number of rotatable bonds is 3. The molecule has 0 unspecified atom stereocenters. The summed E-state index contributed by atoms with van der Waals surface area (Å²) < 4.78 is 0. The number of anilines is 1. The second kappa shape index (κ2) is 7.20. The highest BCUT2D eigenvalue weighted by Crippen LogP contribution is 2.39. The van der Waals surface area contributed by atoms with Gasteiger partial charge in [-0.05, 0) is 47.1 Å². The number of hydrogen-bond acceptors (Lipinski definition) is 3. The quantitative estimate of drug-likeness (QED) is 0.748. The molecule has 0 saturated carbocycles. The van der Waals surface area contributed by atoms with Crippen molar-refractivity contribution in [3.05, 3.63) is 58.7 Å². The molecule has 122 valence electrons. The zero-order valence-electron chi connectivity index (χ0n) is 14.8. The Labute approximate surface area is 144 Å². The molecule has 0 fully saturated rings. The van der Waals surface area contributed by atoms with E-state index in [4.69, 9.17) is 10.5 Å². The van der Waals surface area contributed by atoms with Gasteiger partial charge in [0.1, 0.15) is 17.7 Å². The first kappa shape index (κ1) is 17.6. The molecule has 1 aromatic carbocycles. The van der Waals surface area contributed by atoms with Crippen molar-refractivity contribution in [2.24, 2.45) is 5.41 Å². The van der Waals surface area contributed by atoms with Gasteiger partial charge < -0.3 is 4.90 Å². The number of nitriles is 2. The van der Waals surface area contributed by atoms with Crippen LogP contribution in [0.3, 0.4) is 0 Å². The van der Waals surface area contributed by atoms with Gasteiger partial charge in [-0.1, -0.05) is 44.2 Å². The number of benzene rings is 1. The first-order valence-electron chi connectivity index (χ1n) is 8.04. The number of allylic oxidation sites excluding steroid dienone is 5. The topological polar surface area (TPSA) is 50.8 Å². The molecule has 3 heteroatoms. The van der Waals surface area contributed by atoms with Gasteiger partial charge in [0.05, 0.1) is 0 Å². The summed E-state index contributed by atoms with van der Waals surface area (Å²) >= 11 is 0. The van der Waals surface area contributed by atoms with Crippen LogP contribution in [0.2, 0.25) is 0 Å². The van der Waals surface area contributed by atoms with Crippen LogP contribution in [-0.4, -0.2) is 14.1 Å². The molecular formula is C21H23N3. The third-order valence-electron chi connectivity index (χ3n) is 4.16. The Morgan fingerprint density at radius 3 is 2.21 bits per heavy atom. The van der Waals surface area contributed by atoms with Crippen molar-refractivity contribution in [1.82, 2.24) is 0 Å². The lowest BCUT2D eigenvalue weighted by atomic mass is 9.74. The first-order chi connectivity index (χ1) is 11.3. The number of hydrogen-bond donors (Lipinski definition) is 0. The van der Waals surface area contributed by atoms with Crippen molar-refractivity contribution in [2.75, 3.05) is 19.0 Å². The van der Waals surface area contributed by atoms with E-state index in [0.717, 1.165) is 29.6 Å². The Hall–Kier alpha value is -2.78. The molecule has 1 aliphatic carbocycles. The zero-order valence-corrected chi connectivity index (χ0v) is 14.8. The van der Waals surface area contributed by atoms with Gasteiger partial charge in [0.15, 0.2) is 0 Å². The Kier molecular flexibility index (Phi) is 5.27. The van der Waals surface area contributed by atoms with Crippen LogP contribution in [0.5, 0.6) is 0 Å². The highest BCUT2D eigenvalue weighted by atomic mass is 15.1. The maximum Gasteiger partial charge on any atom is 0.132 e. The fraction of sp³-hybridized carbons (Fsp3) is 0.333. The molecule has 0 aliphatic heterocycles. The van der Waals surface area contributed by atoms with Crippen molar-refractivity contribution in [3.63, 3.8) is 0 Å². The largest absolute Gasteiger partial charge is 0.378 e. The highest BCUT2D eigenvalue weighted by Gasteiger charge is 2.26. The van der Waals surface area contributed by atoms with Gasteiger partial charge >= 0.3 is 0 Å². The highest BCUT2D eigenvalue weighted by molar-refractivity contribution is 5.59. The Bertz CT molecular complexity index is 760. The predicted octanol–water partition coefficient (Wildman–Crippen LogP) is 4.86. The summed E-state index contributed by atoms with van der Waals surface area (Å²) in [4.78, 5) is 2.07. The second-order valence-electron chi connectivity index (χ2n) is 7.18. The van der Waals surface area contributed by atoms with Crippen LogP contribution < -0.4 is 4.90 Å². The van der Waals surface area contributed by atoms with Crippen LogP contribution in [-0.2, 0) is 0 Å². The third-order valence-corrected chi connectivity index (χ3v) is 4.16. The molecule has 24 heavy (non-hydrogen) atoms. The fourth-order valence-corrected chi connectivity index (χ4v) is 2.98. The minimum atomic E-state index is 0.0531. The Morgan fingerprint density at radius 2 is 1.67 bits per heavy atom. The van der Waals surface area contributed by atoms with Crippen LogP contribution in [0.25, 0.3) is 6.08 Å². The summed E-state index contributed by atoms with van der Waals surface area (Å²) in [6, 6.07) is 12.4. The predicted molar refractivity (Wildman–Crippen MR) is 99.2 cm³/mol. The minimum Gasteiger partial charge on any atom is -0.378 e. The van der Waals surface area contributed by atoms with E-state index in [0.29, 0.717) is 0 Å². The van der Waals surface area contributed by atoms with E-state index in [9.17, 15) is 0 Å². The summed E-state index contributed by atoms with van der Waals surface area (Å²) in [5, 5.41) is 18.3. The SMILES string of the molecule is CN(C)c1ccc(/C=C\C2=CC(=C(C#N)C#N)CC(C)(C)C2)cc1. The molecular weight excluding hydrogens is 294 g/mol. The van der Waals surface area contributed by atoms with Gasteiger partial charge in [-0.2, -0.15) is 10.5 Å². The molecule has 0 spiro atoms. The maximum absolute atomic E-state index is 9.13. The molecule has 0 bridgehead atoms. The third kappa shape index (κ3) is 4.37. The summed E-state index contributed by atoms with van der Waals surface area (Å²) in [6.07, 6.45) is 7.88. The zero-order chi connectivity index (χ0) is 17.7. The van der Waals surface area contributed by atoms with Crippen molar-refractivity contribution in [2.45, 2.75) is 26.7 Å². The maximum atomic E-state index is 9.13. The van der Waals surface area contributed by atoms with Crippen LogP contribution in [0.1, 0.15) is 32.3 Å². The van der Waals surface area contributed by atoms with Crippen molar-refractivity contribution in [1.29, 1.82) is 10.5 Å². The lowest BCUT2D eigenvalue weighted by Gasteiger charge is -2.30. The van der Waals surface area contributed by atoms with Gasteiger partial charge in [0.2, 0.25) is 0 Å². The molecule has 0 atom stereocenters.